The lowest BCUT2D eigenvalue weighted by Gasteiger charge is -2.25. The Balaban J connectivity index is 2.37. The summed E-state index contributed by atoms with van der Waals surface area (Å²) in [7, 11) is -3.04. The van der Waals surface area contributed by atoms with Gasteiger partial charge in [-0.1, -0.05) is 6.92 Å². The van der Waals surface area contributed by atoms with E-state index in [9.17, 15) is 8.42 Å². The molecular weight excluding hydrogens is 222 g/mol. The van der Waals surface area contributed by atoms with E-state index in [2.05, 4.69) is 4.72 Å². The maximum absolute atomic E-state index is 11.4. The standard InChI is InChI=1S/C9H18ClNO2S/c1-2-7-14(12,13)11-9-5-3-8(10)4-6-9/h8-9,11H,2-7H2,1H3. The van der Waals surface area contributed by atoms with Gasteiger partial charge in [0.25, 0.3) is 0 Å². The van der Waals surface area contributed by atoms with Crippen molar-refractivity contribution in [3.05, 3.63) is 0 Å². The molecule has 0 atom stereocenters. The van der Waals surface area contributed by atoms with Crippen LogP contribution in [0.5, 0.6) is 0 Å². The normalized spacial score (nSPS) is 29.0. The van der Waals surface area contributed by atoms with Gasteiger partial charge in [-0.15, -0.1) is 11.6 Å². The van der Waals surface area contributed by atoms with Crippen LogP contribution in [0.1, 0.15) is 39.0 Å². The van der Waals surface area contributed by atoms with Crippen LogP contribution in [0.3, 0.4) is 0 Å². The molecule has 1 rings (SSSR count). The monoisotopic (exact) mass is 239 g/mol. The first-order valence-corrected chi connectivity index (χ1v) is 7.26. The molecule has 84 valence electrons. The van der Waals surface area contributed by atoms with Gasteiger partial charge in [-0.3, -0.25) is 0 Å². The summed E-state index contributed by atoms with van der Waals surface area (Å²) in [5, 5.41) is 0.238. The van der Waals surface area contributed by atoms with E-state index >= 15 is 0 Å². The molecule has 0 aromatic rings. The topological polar surface area (TPSA) is 46.2 Å². The first-order valence-electron chi connectivity index (χ1n) is 5.17. The largest absolute Gasteiger partial charge is 0.212 e. The molecule has 0 heterocycles. The average molecular weight is 240 g/mol. The smallest absolute Gasteiger partial charge is 0.211 e. The molecule has 0 amide bonds. The number of halogens is 1. The summed E-state index contributed by atoms with van der Waals surface area (Å²) < 4.78 is 25.6. The van der Waals surface area contributed by atoms with Gasteiger partial charge in [0.1, 0.15) is 0 Å². The minimum absolute atomic E-state index is 0.113. The van der Waals surface area contributed by atoms with Crippen LogP contribution in [0.2, 0.25) is 0 Å². The molecule has 14 heavy (non-hydrogen) atoms. The maximum Gasteiger partial charge on any atom is 0.211 e. The van der Waals surface area contributed by atoms with Crippen LogP contribution in [0, 0.1) is 0 Å². The number of hydrogen-bond donors (Lipinski definition) is 1. The van der Waals surface area contributed by atoms with Gasteiger partial charge < -0.3 is 0 Å². The number of hydrogen-bond acceptors (Lipinski definition) is 2. The molecule has 0 aliphatic heterocycles. The van der Waals surface area contributed by atoms with Gasteiger partial charge in [0.2, 0.25) is 10.0 Å². The lowest BCUT2D eigenvalue weighted by molar-refractivity contribution is 0.416. The number of alkyl halides is 1. The fraction of sp³-hybridized carbons (Fsp3) is 1.00. The molecule has 0 aromatic carbocycles. The Morgan fingerprint density at radius 3 is 2.36 bits per heavy atom. The molecule has 5 heteroatoms. The lowest BCUT2D eigenvalue weighted by atomic mass is 9.96. The van der Waals surface area contributed by atoms with Crippen molar-refractivity contribution in [2.75, 3.05) is 5.75 Å². The van der Waals surface area contributed by atoms with E-state index in [0.29, 0.717) is 6.42 Å². The van der Waals surface area contributed by atoms with Crippen LogP contribution in [0.25, 0.3) is 0 Å². The van der Waals surface area contributed by atoms with Crippen LogP contribution in [0.15, 0.2) is 0 Å². The second-order valence-electron chi connectivity index (χ2n) is 3.89. The maximum atomic E-state index is 11.4. The van der Waals surface area contributed by atoms with E-state index in [1.54, 1.807) is 0 Å². The summed E-state index contributed by atoms with van der Waals surface area (Å²) in [6.07, 6.45) is 4.25. The first kappa shape index (κ1) is 12.3. The molecule has 0 aromatic heterocycles. The molecule has 3 nitrogen and oxygen atoms in total. The number of nitrogens with one attached hydrogen (secondary N) is 1. The number of rotatable bonds is 4. The Labute approximate surface area is 91.3 Å². The van der Waals surface area contributed by atoms with Crippen LogP contribution in [-0.2, 0) is 10.0 Å². The molecule has 1 saturated carbocycles. The summed E-state index contributed by atoms with van der Waals surface area (Å²) in [4.78, 5) is 0. The van der Waals surface area contributed by atoms with Gasteiger partial charge in [-0.2, -0.15) is 0 Å². The first-order chi connectivity index (χ1) is 6.53. The zero-order valence-electron chi connectivity index (χ0n) is 8.50. The van der Waals surface area contributed by atoms with Crippen molar-refractivity contribution in [3.63, 3.8) is 0 Å². The zero-order chi connectivity index (χ0) is 10.6. The fourth-order valence-electron chi connectivity index (χ4n) is 1.75. The Morgan fingerprint density at radius 1 is 1.29 bits per heavy atom. The van der Waals surface area contributed by atoms with Crippen LogP contribution in [0.4, 0.5) is 0 Å². The van der Waals surface area contributed by atoms with Gasteiger partial charge in [-0.05, 0) is 32.1 Å². The van der Waals surface area contributed by atoms with Crippen molar-refractivity contribution >= 4 is 21.6 Å². The second-order valence-corrected chi connectivity index (χ2v) is 6.38. The third-order valence-electron chi connectivity index (χ3n) is 2.48. The van der Waals surface area contributed by atoms with E-state index in [1.165, 1.54) is 0 Å². The van der Waals surface area contributed by atoms with Crippen LogP contribution < -0.4 is 4.72 Å². The molecule has 1 N–H and O–H groups in total. The van der Waals surface area contributed by atoms with E-state index in [0.717, 1.165) is 25.7 Å². The highest BCUT2D eigenvalue weighted by Gasteiger charge is 2.22. The molecule has 0 bridgehead atoms. The van der Waals surface area contributed by atoms with E-state index in [-0.39, 0.29) is 17.2 Å². The Bertz CT molecular complexity index is 258. The molecule has 1 fully saturated rings. The van der Waals surface area contributed by atoms with Crippen molar-refractivity contribution in [2.24, 2.45) is 0 Å². The van der Waals surface area contributed by atoms with Crippen molar-refractivity contribution in [2.45, 2.75) is 50.4 Å². The molecule has 0 saturated heterocycles. The molecular formula is C9H18ClNO2S. The Morgan fingerprint density at radius 2 is 1.86 bits per heavy atom. The third kappa shape index (κ3) is 4.15. The van der Waals surface area contributed by atoms with Gasteiger partial charge in [-0.25, -0.2) is 13.1 Å². The van der Waals surface area contributed by atoms with Crippen molar-refractivity contribution < 1.29 is 8.42 Å². The molecule has 0 spiro atoms. The second kappa shape index (κ2) is 5.33. The Hall–Kier alpha value is 0.200. The van der Waals surface area contributed by atoms with Crippen molar-refractivity contribution in [1.82, 2.24) is 4.72 Å². The number of sulfonamides is 1. The predicted molar refractivity (Wildman–Crippen MR) is 59.1 cm³/mol. The van der Waals surface area contributed by atoms with E-state index in [4.69, 9.17) is 11.6 Å². The highest BCUT2D eigenvalue weighted by Crippen LogP contribution is 2.23. The van der Waals surface area contributed by atoms with E-state index in [1.807, 2.05) is 6.92 Å². The summed E-state index contributed by atoms with van der Waals surface area (Å²) in [5.41, 5.74) is 0. The van der Waals surface area contributed by atoms with Crippen LogP contribution in [-0.4, -0.2) is 25.6 Å². The van der Waals surface area contributed by atoms with Gasteiger partial charge in [0.15, 0.2) is 0 Å². The minimum Gasteiger partial charge on any atom is -0.212 e. The quantitative estimate of drug-likeness (QED) is 0.762. The third-order valence-corrected chi connectivity index (χ3v) is 4.55. The SMILES string of the molecule is CCCS(=O)(=O)NC1CCC(Cl)CC1. The highest BCUT2D eigenvalue weighted by atomic mass is 35.5. The average Bonchev–Trinajstić information content (AvgIpc) is 2.08. The predicted octanol–water partition coefficient (Wildman–Crippen LogP) is 1.87. The minimum atomic E-state index is -3.04. The van der Waals surface area contributed by atoms with Gasteiger partial charge in [0.05, 0.1) is 5.75 Å². The molecule has 1 aliphatic carbocycles. The van der Waals surface area contributed by atoms with Gasteiger partial charge >= 0.3 is 0 Å². The molecule has 0 radical (unpaired) electrons. The highest BCUT2D eigenvalue weighted by molar-refractivity contribution is 7.89. The van der Waals surface area contributed by atoms with Crippen molar-refractivity contribution in [3.8, 4) is 0 Å². The summed E-state index contributed by atoms with van der Waals surface area (Å²) in [5.74, 6) is 0.230. The van der Waals surface area contributed by atoms with Crippen molar-refractivity contribution in [1.29, 1.82) is 0 Å². The fourth-order valence-corrected chi connectivity index (χ4v) is 3.40. The molecule has 0 unspecified atom stereocenters. The summed E-state index contributed by atoms with van der Waals surface area (Å²) in [6.45, 7) is 1.87. The van der Waals surface area contributed by atoms with E-state index < -0.39 is 10.0 Å². The lowest BCUT2D eigenvalue weighted by Crippen LogP contribution is -2.38. The summed E-state index contributed by atoms with van der Waals surface area (Å²) >= 11 is 5.94. The Kier molecular flexibility index (Phi) is 4.67. The summed E-state index contributed by atoms with van der Waals surface area (Å²) in [6, 6.07) is 0.113. The van der Waals surface area contributed by atoms with Gasteiger partial charge in [0, 0.05) is 11.4 Å². The molecule has 1 aliphatic rings. The van der Waals surface area contributed by atoms with Crippen LogP contribution >= 0.6 is 11.6 Å². The zero-order valence-corrected chi connectivity index (χ0v) is 10.1.